The molecule has 3 aliphatic rings. The number of piperidine rings is 1. The molecule has 2 fully saturated rings. The molecule has 2 aliphatic carbocycles. The number of benzene rings is 2. The molecular weight excluding hydrogens is 424 g/mol. The van der Waals surface area contributed by atoms with Crippen molar-refractivity contribution in [2.75, 3.05) is 26.7 Å². The summed E-state index contributed by atoms with van der Waals surface area (Å²) >= 11 is 0. The van der Waals surface area contributed by atoms with Gasteiger partial charge >= 0.3 is 0 Å². The Morgan fingerprint density at radius 3 is 2.28 bits per heavy atom. The molecule has 3 N–H and O–H groups in total. The minimum Gasteiger partial charge on any atom is -0.388 e. The molecule has 2 bridgehead atoms. The first kappa shape index (κ1) is 23.2. The van der Waals surface area contributed by atoms with Crippen molar-refractivity contribution < 1.29 is 14.6 Å². The molecule has 6 heteroatoms. The number of methoxy groups -OCH3 is 1. The Labute approximate surface area is 196 Å². The summed E-state index contributed by atoms with van der Waals surface area (Å²) in [5.74, 6) is 0.236. The van der Waals surface area contributed by atoms with Crippen LogP contribution in [0.4, 0.5) is 0 Å². The van der Waals surface area contributed by atoms with Gasteiger partial charge in [0.15, 0.2) is 0 Å². The number of nitrogens with zero attached hydrogens (tertiary/aromatic N) is 1. The van der Waals surface area contributed by atoms with E-state index in [0.29, 0.717) is 23.9 Å². The van der Waals surface area contributed by atoms with E-state index in [1.165, 1.54) is 17.5 Å². The van der Waals surface area contributed by atoms with Gasteiger partial charge in [-0.15, -0.1) is 12.4 Å². The fraction of sp³-hybridized carbons (Fsp3) is 0.500. The molecule has 0 unspecified atom stereocenters. The van der Waals surface area contributed by atoms with E-state index in [4.69, 9.17) is 10.5 Å². The summed E-state index contributed by atoms with van der Waals surface area (Å²) < 4.78 is 6.32. The highest BCUT2D eigenvalue weighted by molar-refractivity contribution is 5.93. The number of β-amino-alcohol motifs (C(OH)–C–C–N with tert-alkyl or cyclic N) is 1. The van der Waals surface area contributed by atoms with Gasteiger partial charge in [-0.1, -0.05) is 42.8 Å². The lowest BCUT2D eigenvalue weighted by atomic mass is 9.62. The molecule has 1 amide bonds. The lowest BCUT2D eigenvalue weighted by molar-refractivity contribution is -0.175. The van der Waals surface area contributed by atoms with Crippen LogP contribution in [0, 0.1) is 11.8 Å². The van der Waals surface area contributed by atoms with Crippen LogP contribution in [0.15, 0.2) is 48.5 Å². The first-order valence-corrected chi connectivity index (χ1v) is 11.4. The first-order chi connectivity index (χ1) is 14.9. The normalized spacial score (nSPS) is 28.6. The number of amides is 1. The van der Waals surface area contributed by atoms with Gasteiger partial charge in [-0.3, -0.25) is 9.69 Å². The van der Waals surface area contributed by atoms with Crippen LogP contribution in [0.5, 0.6) is 0 Å². The molecule has 2 aromatic carbocycles. The molecule has 1 aliphatic heterocycles. The van der Waals surface area contributed by atoms with E-state index in [2.05, 4.69) is 35.2 Å². The second-order valence-electron chi connectivity index (χ2n) is 9.81. The van der Waals surface area contributed by atoms with E-state index in [-0.39, 0.29) is 12.4 Å². The molecule has 32 heavy (non-hydrogen) atoms. The smallest absolute Gasteiger partial charge is 0.248 e. The zero-order valence-electron chi connectivity index (χ0n) is 18.6. The van der Waals surface area contributed by atoms with E-state index in [0.717, 1.165) is 44.3 Å². The number of likely N-dealkylation sites (tertiary alicyclic amines) is 1. The molecule has 5 nitrogen and oxygen atoms in total. The number of carbonyl (C=O) groups is 1. The van der Waals surface area contributed by atoms with Crippen molar-refractivity contribution in [1.29, 1.82) is 0 Å². The molecule has 2 aromatic rings. The molecule has 1 heterocycles. The maximum Gasteiger partial charge on any atom is 0.248 e. The van der Waals surface area contributed by atoms with Crippen LogP contribution in [0.1, 0.15) is 46.3 Å². The highest BCUT2D eigenvalue weighted by atomic mass is 35.5. The monoisotopic (exact) mass is 456 g/mol. The molecule has 0 aromatic heterocycles. The first-order valence-electron chi connectivity index (χ1n) is 11.4. The number of halogens is 1. The molecule has 1 saturated heterocycles. The van der Waals surface area contributed by atoms with Gasteiger partial charge in [0, 0.05) is 57.0 Å². The van der Waals surface area contributed by atoms with Crippen molar-refractivity contribution in [2.24, 2.45) is 17.6 Å². The zero-order chi connectivity index (χ0) is 21.6. The molecule has 0 spiro atoms. The number of fused-ring (bicyclic) bond motifs is 3. The predicted octanol–water partition coefficient (Wildman–Crippen LogP) is 3.31. The molecule has 1 saturated carbocycles. The van der Waals surface area contributed by atoms with Gasteiger partial charge < -0.3 is 15.6 Å². The van der Waals surface area contributed by atoms with E-state index in [1.54, 1.807) is 13.2 Å². The third-order valence-corrected chi connectivity index (χ3v) is 7.89. The Balaban J connectivity index is 0.00000245. The second kappa shape index (κ2) is 8.79. The summed E-state index contributed by atoms with van der Waals surface area (Å²) in [5, 5.41) is 11.4. The fourth-order valence-corrected chi connectivity index (χ4v) is 6.69. The van der Waals surface area contributed by atoms with Crippen LogP contribution in [0.25, 0.3) is 0 Å². The minimum atomic E-state index is -0.697. The van der Waals surface area contributed by atoms with Gasteiger partial charge in [-0.2, -0.15) is 0 Å². The average molecular weight is 457 g/mol. The van der Waals surface area contributed by atoms with E-state index >= 15 is 0 Å². The number of nitrogens with two attached hydrogens (primary N) is 1. The molecule has 0 radical (unpaired) electrons. The van der Waals surface area contributed by atoms with E-state index in [9.17, 15) is 9.90 Å². The number of primary amides is 1. The van der Waals surface area contributed by atoms with Crippen molar-refractivity contribution >= 4 is 18.3 Å². The zero-order valence-corrected chi connectivity index (χ0v) is 19.4. The van der Waals surface area contributed by atoms with Gasteiger partial charge in [0.1, 0.15) is 5.60 Å². The lowest BCUT2D eigenvalue weighted by Crippen LogP contribution is -2.61. The summed E-state index contributed by atoms with van der Waals surface area (Å²) in [6, 6.07) is 16.1. The van der Waals surface area contributed by atoms with Gasteiger partial charge in [-0.05, 0) is 41.7 Å². The van der Waals surface area contributed by atoms with Crippen LogP contribution >= 0.6 is 12.4 Å². The third kappa shape index (κ3) is 3.86. The number of aliphatic hydroxyl groups is 1. The highest BCUT2D eigenvalue weighted by Crippen LogP contribution is 2.52. The van der Waals surface area contributed by atoms with Gasteiger partial charge in [0.25, 0.3) is 0 Å². The Kier molecular flexibility index (Phi) is 6.38. The summed E-state index contributed by atoms with van der Waals surface area (Å²) in [5.41, 5.74) is 8.61. The third-order valence-electron chi connectivity index (χ3n) is 7.89. The standard InChI is InChI=1S/C26H32N2O3.ClH/c1-31-26(21-9-4-8-18(12-21)24(27)29)22-10-5-11-23(26)16-28(15-22)17-25(30)13-19-6-2-3-7-20(19)14-25;/h2-4,6-9,12,22-23,30H,5,10-11,13-17H2,1H3,(H2,27,29);1H/t22-,23+,26-;. The lowest BCUT2D eigenvalue weighted by Gasteiger charge is -2.56. The fourth-order valence-electron chi connectivity index (χ4n) is 6.69. The minimum absolute atomic E-state index is 0. The number of rotatable bonds is 5. The van der Waals surface area contributed by atoms with Crippen LogP contribution in [0.3, 0.4) is 0 Å². The van der Waals surface area contributed by atoms with Crippen LogP contribution in [-0.4, -0.2) is 48.3 Å². The van der Waals surface area contributed by atoms with Crippen molar-refractivity contribution in [2.45, 2.75) is 43.3 Å². The van der Waals surface area contributed by atoms with Gasteiger partial charge in [-0.25, -0.2) is 0 Å². The molecule has 172 valence electrons. The van der Waals surface area contributed by atoms with Crippen molar-refractivity contribution in [3.8, 4) is 0 Å². The molecule has 3 atom stereocenters. The summed E-state index contributed by atoms with van der Waals surface area (Å²) in [7, 11) is 1.80. The number of hydrogen-bond acceptors (Lipinski definition) is 4. The maximum absolute atomic E-state index is 11.8. The SMILES string of the molecule is CO[C@]1(c2cccc(C(N)=O)c2)[C@@H]2CCC[C@H]1CN(CC1(O)Cc3ccccc3C1)C2.Cl. The van der Waals surface area contributed by atoms with E-state index in [1.807, 2.05) is 12.1 Å². The molecule has 5 rings (SSSR count). The van der Waals surface area contributed by atoms with E-state index < -0.39 is 17.1 Å². The van der Waals surface area contributed by atoms with Crippen molar-refractivity contribution in [3.63, 3.8) is 0 Å². The summed E-state index contributed by atoms with van der Waals surface area (Å²) in [4.78, 5) is 14.2. The van der Waals surface area contributed by atoms with Crippen LogP contribution in [0.2, 0.25) is 0 Å². The van der Waals surface area contributed by atoms with Gasteiger partial charge in [0.2, 0.25) is 5.91 Å². The highest BCUT2D eigenvalue weighted by Gasteiger charge is 2.54. The Hall–Kier alpha value is -1.92. The van der Waals surface area contributed by atoms with Crippen molar-refractivity contribution in [3.05, 3.63) is 70.8 Å². The van der Waals surface area contributed by atoms with Crippen LogP contribution < -0.4 is 5.73 Å². The maximum atomic E-state index is 11.8. The van der Waals surface area contributed by atoms with Crippen LogP contribution in [-0.2, 0) is 23.2 Å². The predicted molar refractivity (Wildman–Crippen MR) is 127 cm³/mol. The summed E-state index contributed by atoms with van der Waals surface area (Å²) in [6.45, 7) is 2.48. The van der Waals surface area contributed by atoms with Gasteiger partial charge in [0.05, 0.1) is 5.60 Å². The summed E-state index contributed by atoms with van der Waals surface area (Å²) in [6.07, 6.45) is 4.82. The van der Waals surface area contributed by atoms with Crippen molar-refractivity contribution in [1.82, 2.24) is 4.90 Å². The quantitative estimate of drug-likeness (QED) is 0.723. The number of ether oxygens (including phenoxy) is 1. The number of hydrogen-bond donors (Lipinski definition) is 2. The second-order valence-corrected chi connectivity index (χ2v) is 9.81. The average Bonchev–Trinajstić information content (AvgIpc) is 3.08. The molecular formula is C26H33ClN2O3. The number of carbonyl (C=O) groups excluding carboxylic acids is 1. The largest absolute Gasteiger partial charge is 0.388 e. The Bertz CT molecular complexity index is 956. The Morgan fingerprint density at radius 2 is 1.72 bits per heavy atom. The topological polar surface area (TPSA) is 75.8 Å². The Morgan fingerprint density at radius 1 is 1.09 bits per heavy atom.